The number of ether oxygens (including phenoxy) is 1. The van der Waals surface area contributed by atoms with Crippen molar-refractivity contribution in [3.05, 3.63) is 28.3 Å². The largest absolute Gasteiger partial charge is 0.490 e. The van der Waals surface area contributed by atoms with Gasteiger partial charge in [-0.05, 0) is 18.6 Å². The van der Waals surface area contributed by atoms with Gasteiger partial charge in [0.25, 0.3) is 0 Å². The van der Waals surface area contributed by atoms with Gasteiger partial charge in [0, 0.05) is 6.54 Å². The maximum absolute atomic E-state index is 11.0. The van der Waals surface area contributed by atoms with Crippen molar-refractivity contribution in [2.24, 2.45) is 0 Å². The minimum absolute atomic E-state index is 0.00602. The molecule has 0 aromatic heterocycles. The summed E-state index contributed by atoms with van der Waals surface area (Å²) in [6.45, 7) is 2.86. The monoisotopic (exact) mass is 238 g/mol. The van der Waals surface area contributed by atoms with Gasteiger partial charge in [-0.2, -0.15) is 0 Å². The minimum atomic E-state index is -0.416. The van der Waals surface area contributed by atoms with Crippen LogP contribution in [0, 0.1) is 10.1 Å². The molecule has 0 aliphatic rings. The van der Waals surface area contributed by atoms with Crippen LogP contribution in [0.15, 0.2) is 18.2 Å². The van der Waals surface area contributed by atoms with E-state index in [0.717, 1.165) is 25.8 Å². The second-order valence-corrected chi connectivity index (χ2v) is 3.75. The first-order chi connectivity index (χ1) is 8.20. The molecule has 0 unspecified atom stereocenters. The fraction of sp³-hybridized carbons (Fsp3) is 0.500. The molecule has 5 heteroatoms. The van der Waals surface area contributed by atoms with E-state index >= 15 is 0 Å². The number of anilines is 1. The van der Waals surface area contributed by atoms with Gasteiger partial charge >= 0.3 is 5.69 Å². The third-order valence-corrected chi connectivity index (χ3v) is 2.50. The molecule has 0 saturated heterocycles. The normalized spacial score (nSPS) is 10.0. The Hall–Kier alpha value is -1.78. The molecule has 0 radical (unpaired) electrons. The quantitative estimate of drug-likeness (QED) is 0.450. The predicted molar refractivity (Wildman–Crippen MR) is 67.7 cm³/mol. The van der Waals surface area contributed by atoms with Crippen LogP contribution < -0.4 is 10.1 Å². The average Bonchev–Trinajstić information content (AvgIpc) is 2.33. The Morgan fingerprint density at radius 1 is 1.41 bits per heavy atom. The number of methoxy groups -OCH3 is 1. The average molecular weight is 238 g/mol. The van der Waals surface area contributed by atoms with Crippen molar-refractivity contribution < 1.29 is 9.66 Å². The van der Waals surface area contributed by atoms with Gasteiger partial charge in [0.05, 0.1) is 12.0 Å². The Morgan fingerprint density at radius 3 is 2.76 bits per heavy atom. The van der Waals surface area contributed by atoms with Crippen LogP contribution in [-0.4, -0.2) is 18.6 Å². The van der Waals surface area contributed by atoms with E-state index in [1.54, 1.807) is 18.2 Å². The molecule has 0 spiro atoms. The molecule has 0 saturated carbocycles. The number of para-hydroxylation sites is 1. The molecule has 1 aromatic carbocycles. The molecule has 17 heavy (non-hydrogen) atoms. The lowest BCUT2D eigenvalue weighted by Crippen LogP contribution is -2.05. The van der Waals surface area contributed by atoms with Gasteiger partial charge in [0.15, 0.2) is 5.75 Å². The highest BCUT2D eigenvalue weighted by Gasteiger charge is 2.19. The summed E-state index contributed by atoms with van der Waals surface area (Å²) in [5.41, 5.74) is 0.525. The van der Waals surface area contributed by atoms with E-state index in [2.05, 4.69) is 12.2 Å². The molecule has 0 aliphatic heterocycles. The fourth-order valence-corrected chi connectivity index (χ4v) is 1.62. The molecule has 1 N–H and O–H groups in total. The van der Waals surface area contributed by atoms with Gasteiger partial charge in [-0.25, -0.2) is 0 Å². The number of rotatable bonds is 7. The third-order valence-electron chi connectivity index (χ3n) is 2.50. The zero-order valence-corrected chi connectivity index (χ0v) is 10.2. The van der Waals surface area contributed by atoms with Crippen molar-refractivity contribution in [1.82, 2.24) is 0 Å². The van der Waals surface area contributed by atoms with Crippen LogP contribution in [0.4, 0.5) is 11.4 Å². The molecule has 1 rings (SSSR count). The van der Waals surface area contributed by atoms with E-state index in [-0.39, 0.29) is 11.4 Å². The standard InChI is InChI=1S/C12H18N2O3/c1-3-4-5-9-13-10-7-6-8-11(17-2)12(10)14(15)16/h6-8,13H,3-5,9H2,1-2H3. The van der Waals surface area contributed by atoms with Crippen molar-refractivity contribution >= 4 is 11.4 Å². The van der Waals surface area contributed by atoms with E-state index in [9.17, 15) is 10.1 Å². The van der Waals surface area contributed by atoms with Gasteiger partial charge in [0.1, 0.15) is 5.69 Å². The van der Waals surface area contributed by atoms with Gasteiger partial charge in [-0.15, -0.1) is 0 Å². The Kier molecular flexibility index (Phi) is 5.26. The molecular weight excluding hydrogens is 220 g/mol. The number of hydrogen-bond donors (Lipinski definition) is 1. The van der Waals surface area contributed by atoms with E-state index < -0.39 is 4.92 Å². The maximum atomic E-state index is 11.0. The van der Waals surface area contributed by atoms with Crippen molar-refractivity contribution in [2.75, 3.05) is 19.0 Å². The molecule has 0 heterocycles. The first-order valence-electron chi connectivity index (χ1n) is 5.76. The highest BCUT2D eigenvalue weighted by Crippen LogP contribution is 2.34. The summed E-state index contributed by atoms with van der Waals surface area (Å²) in [6, 6.07) is 5.04. The fourth-order valence-electron chi connectivity index (χ4n) is 1.62. The van der Waals surface area contributed by atoms with Crippen molar-refractivity contribution in [1.29, 1.82) is 0 Å². The topological polar surface area (TPSA) is 64.4 Å². The van der Waals surface area contributed by atoms with Crippen molar-refractivity contribution in [3.8, 4) is 5.75 Å². The second-order valence-electron chi connectivity index (χ2n) is 3.75. The molecular formula is C12H18N2O3. The molecule has 0 atom stereocenters. The summed E-state index contributed by atoms with van der Waals surface area (Å²) in [6.07, 6.45) is 3.25. The number of unbranched alkanes of at least 4 members (excludes halogenated alkanes) is 2. The lowest BCUT2D eigenvalue weighted by atomic mass is 10.2. The smallest absolute Gasteiger partial charge is 0.333 e. The van der Waals surface area contributed by atoms with E-state index in [4.69, 9.17) is 4.74 Å². The predicted octanol–water partition coefficient (Wildman–Crippen LogP) is 3.21. The Labute approximate surface area is 101 Å². The Morgan fingerprint density at radius 2 is 2.18 bits per heavy atom. The van der Waals surface area contributed by atoms with Crippen LogP contribution in [0.25, 0.3) is 0 Å². The van der Waals surface area contributed by atoms with Crippen LogP contribution in [0.1, 0.15) is 26.2 Å². The first kappa shape index (κ1) is 13.3. The number of hydrogen-bond acceptors (Lipinski definition) is 4. The number of nitro benzene ring substituents is 1. The summed E-state index contributed by atoms with van der Waals surface area (Å²) >= 11 is 0. The number of nitro groups is 1. The van der Waals surface area contributed by atoms with Gasteiger partial charge in [-0.1, -0.05) is 25.8 Å². The SMILES string of the molecule is CCCCCNc1cccc(OC)c1[N+](=O)[O-]. The van der Waals surface area contributed by atoms with Gasteiger partial charge < -0.3 is 10.1 Å². The van der Waals surface area contributed by atoms with E-state index in [0.29, 0.717) is 5.69 Å². The maximum Gasteiger partial charge on any atom is 0.333 e. The van der Waals surface area contributed by atoms with Crippen LogP contribution in [0.2, 0.25) is 0 Å². The molecule has 1 aromatic rings. The van der Waals surface area contributed by atoms with Crippen LogP contribution in [-0.2, 0) is 0 Å². The van der Waals surface area contributed by atoms with E-state index in [1.807, 2.05) is 0 Å². The highest BCUT2D eigenvalue weighted by molar-refractivity contribution is 5.68. The summed E-state index contributed by atoms with van der Waals surface area (Å²) < 4.78 is 4.99. The Balaban J connectivity index is 2.79. The molecule has 0 aliphatic carbocycles. The van der Waals surface area contributed by atoms with Gasteiger partial charge in [-0.3, -0.25) is 10.1 Å². The number of nitrogens with one attached hydrogen (secondary N) is 1. The van der Waals surface area contributed by atoms with Crippen LogP contribution >= 0.6 is 0 Å². The summed E-state index contributed by atoms with van der Waals surface area (Å²) in [5.74, 6) is 0.287. The first-order valence-corrected chi connectivity index (χ1v) is 5.76. The van der Waals surface area contributed by atoms with Crippen molar-refractivity contribution in [2.45, 2.75) is 26.2 Å². The van der Waals surface area contributed by atoms with Crippen LogP contribution in [0.3, 0.4) is 0 Å². The van der Waals surface area contributed by atoms with Crippen molar-refractivity contribution in [3.63, 3.8) is 0 Å². The second kappa shape index (κ2) is 6.73. The lowest BCUT2D eigenvalue weighted by Gasteiger charge is -2.09. The molecule has 0 fully saturated rings. The molecule has 94 valence electrons. The molecule has 0 bridgehead atoms. The Bertz CT molecular complexity index is 380. The number of benzene rings is 1. The number of nitrogens with zero attached hydrogens (tertiary/aromatic N) is 1. The van der Waals surface area contributed by atoms with Crippen LogP contribution in [0.5, 0.6) is 5.75 Å². The summed E-state index contributed by atoms with van der Waals surface area (Å²) in [7, 11) is 1.43. The van der Waals surface area contributed by atoms with Gasteiger partial charge in [0.2, 0.25) is 0 Å². The minimum Gasteiger partial charge on any atom is -0.490 e. The molecule has 0 amide bonds. The summed E-state index contributed by atoms with van der Waals surface area (Å²) in [5, 5.41) is 14.1. The zero-order chi connectivity index (χ0) is 12.7. The third kappa shape index (κ3) is 3.62. The zero-order valence-electron chi connectivity index (χ0n) is 10.2. The van der Waals surface area contributed by atoms with E-state index in [1.165, 1.54) is 7.11 Å². The highest BCUT2D eigenvalue weighted by atomic mass is 16.6. The molecule has 5 nitrogen and oxygen atoms in total. The lowest BCUT2D eigenvalue weighted by molar-refractivity contribution is -0.384. The summed E-state index contributed by atoms with van der Waals surface area (Å²) in [4.78, 5) is 10.6.